The van der Waals surface area contributed by atoms with Crippen molar-refractivity contribution in [3.8, 4) is 0 Å². The van der Waals surface area contributed by atoms with E-state index in [4.69, 9.17) is 0 Å². The number of H-pyrrole nitrogens is 1. The molecule has 2 fully saturated rings. The molecule has 5 N–H and O–H groups in total. The Bertz CT molecular complexity index is 867. The lowest BCUT2D eigenvalue weighted by Crippen LogP contribution is -2.39. The summed E-state index contributed by atoms with van der Waals surface area (Å²) in [5.74, 6) is -0.325. The maximum atomic E-state index is 11.8. The van der Waals surface area contributed by atoms with Crippen molar-refractivity contribution < 1.29 is 26.4 Å². The molecular formula is C12H19N7O6S2. The van der Waals surface area contributed by atoms with Crippen LogP contribution >= 0.6 is 0 Å². The fraction of sp³-hybridized carbons (Fsp3) is 0.667. The number of anilines is 2. The predicted molar refractivity (Wildman–Crippen MR) is 94.8 cm³/mol. The van der Waals surface area contributed by atoms with Crippen molar-refractivity contribution in [2.24, 2.45) is 0 Å². The fourth-order valence-electron chi connectivity index (χ4n) is 2.84. The third-order valence-corrected chi connectivity index (χ3v) is 7.61. The lowest BCUT2D eigenvalue weighted by Gasteiger charge is -2.10. The Morgan fingerprint density at radius 1 is 0.889 bits per heavy atom. The Labute approximate surface area is 154 Å². The van der Waals surface area contributed by atoms with E-state index >= 15 is 0 Å². The number of nitrogens with one attached hydrogen (secondary N) is 5. The molecular weight excluding hydrogens is 402 g/mol. The van der Waals surface area contributed by atoms with Gasteiger partial charge in [0, 0.05) is 12.1 Å². The predicted octanol–water partition coefficient (Wildman–Crippen LogP) is -1.58. The number of aromatic nitrogens is 3. The summed E-state index contributed by atoms with van der Waals surface area (Å²) in [6.07, 6.45) is 0.684. The molecule has 3 heterocycles. The van der Waals surface area contributed by atoms with E-state index in [1.54, 1.807) is 0 Å². The highest BCUT2D eigenvalue weighted by Gasteiger charge is 2.30. The molecule has 2 atom stereocenters. The van der Waals surface area contributed by atoms with Crippen molar-refractivity contribution in [1.29, 1.82) is 0 Å². The van der Waals surface area contributed by atoms with Gasteiger partial charge in [-0.05, 0) is 12.8 Å². The van der Waals surface area contributed by atoms with Gasteiger partial charge in [-0.1, -0.05) is 0 Å². The highest BCUT2D eigenvalue weighted by molar-refractivity contribution is 7.91. The Hall–Kier alpha value is -2.42. The van der Waals surface area contributed by atoms with Crippen molar-refractivity contribution in [3.63, 3.8) is 0 Å². The van der Waals surface area contributed by atoms with E-state index in [2.05, 4.69) is 36.4 Å². The van der Waals surface area contributed by atoms with Crippen molar-refractivity contribution in [2.45, 2.75) is 24.9 Å². The van der Waals surface area contributed by atoms with E-state index in [-0.39, 0.29) is 34.9 Å². The van der Waals surface area contributed by atoms with Crippen LogP contribution in [0.5, 0.6) is 0 Å². The Morgan fingerprint density at radius 2 is 1.41 bits per heavy atom. The van der Waals surface area contributed by atoms with Gasteiger partial charge in [0.25, 0.3) is 5.95 Å². The molecule has 2 aliphatic rings. The summed E-state index contributed by atoms with van der Waals surface area (Å²) in [6.45, 7) is 0. The monoisotopic (exact) mass is 421 g/mol. The van der Waals surface area contributed by atoms with Gasteiger partial charge in [-0.25, -0.2) is 31.5 Å². The molecule has 150 valence electrons. The molecule has 0 radical (unpaired) electrons. The number of rotatable bonds is 4. The quantitative estimate of drug-likeness (QED) is 0.384. The van der Waals surface area contributed by atoms with Gasteiger partial charge < -0.3 is 10.6 Å². The number of carbonyl (C=O) groups excluding carboxylic acids is 2. The van der Waals surface area contributed by atoms with Gasteiger partial charge in [0.05, 0.1) is 23.0 Å². The molecule has 0 unspecified atom stereocenters. The van der Waals surface area contributed by atoms with Crippen LogP contribution in [-0.4, -0.2) is 79.2 Å². The molecule has 15 heteroatoms. The Morgan fingerprint density at radius 3 is 1.89 bits per heavy atom. The second-order valence-corrected chi connectivity index (χ2v) is 10.9. The van der Waals surface area contributed by atoms with Crippen molar-refractivity contribution in [1.82, 2.24) is 25.8 Å². The summed E-state index contributed by atoms with van der Waals surface area (Å²) in [6, 6.07) is -2.26. The number of aromatic amines is 1. The maximum absolute atomic E-state index is 11.8. The van der Waals surface area contributed by atoms with Crippen LogP contribution in [0.4, 0.5) is 21.5 Å². The minimum atomic E-state index is -3.11. The largest absolute Gasteiger partial charge is 0.334 e. The van der Waals surface area contributed by atoms with Crippen LogP contribution in [0.3, 0.4) is 0 Å². The van der Waals surface area contributed by atoms with Crippen LogP contribution in [0.25, 0.3) is 0 Å². The zero-order chi connectivity index (χ0) is 19.7. The Kier molecular flexibility index (Phi) is 5.23. The topological polar surface area (TPSA) is 192 Å². The number of sulfone groups is 2. The molecule has 4 amide bonds. The number of hydrogen-bond donors (Lipinski definition) is 5. The van der Waals surface area contributed by atoms with Crippen LogP contribution in [0.15, 0.2) is 0 Å². The second kappa shape index (κ2) is 7.30. The molecule has 2 aliphatic heterocycles. The van der Waals surface area contributed by atoms with E-state index in [0.717, 1.165) is 0 Å². The summed E-state index contributed by atoms with van der Waals surface area (Å²) >= 11 is 0. The van der Waals surface area contributed by atoms with Crippen LogP contribution in [0.1, 0.15) is 12.8 Å². The number of amides is 4. The van der Waals surface area contributed by atoms with Gasteiger partial charge in [0.15, 0.2) is 19.7 Å². The molecule has 1 aromatic heterocycles. The molecule has 0 aromatic carbocycles. The third-order valence-electron chi connectivity index (χ3n) is 4.08. The standard InChI is InChI=1S/C12H19N7O6S2/c20-11(13-7-1-3-26(22,23)5-7)16-9-15-10(19-18-9)17-12(21)14-8-2-4-27(24,25)6-8/h7-8H,1-6H2,(H5,13,14,15,16,17,18,19,20,21)/t7-,8-/m1/s1. The smallest absolute Gasteiger partial charge is 0.321 e. The first-order chi connectivity index (χ1) is 12.6. The van der Waals surface area contributed by atoms with Gasteiger partial charge in [-0.2, -0.15) is 4.98 Å². The highest BCUT2D eigenvalue weighted by Crippen LogP contribution is 2.12. The normalized spacial score (nSPS) is 25.6. The van der Waals surface area contributed by atoms with E-state index in [9.17, 15) is 26.4 Å². The van der Waals surface area contributed by atoms with Crippen LogP contribution in [-0.2, 0) is 19.7 Å². The molecule has 0 saturated carbocycles. The van der Waals surface area contributed by atoms with Crippen LogP contribution < -0.4 is 21.3 Å². The lowest BCUT2D eigenvalue weighted by molar-refractivity contribution is 0.248. The van der Waals surface area contributed by atoms with Gasteiger partial charge in [-0.15, -0.1) is 5.10 Å². The summed E-state index contributed by atoms with van der Waals surface area (Å²) in [5, 5.41) is 15.8. The summed E-state index contributed by atoms with van der Waals surface area (Å²) < 4.78 is 45.5. The first kappa shape index (κ1) is 19.3. The number of urea groups is 2. The average molecular weight is 421 g/mol. The minimum absolute atomic E-state index is 0.0318. The SMILES string of the molecule is O=C(Nc1n[nH]c(NC(=O)N[C@@H]2CCS(=O)(=O)C2)n1)N[C@@H]1CCS(=O)(=O)C1. The minimum Gasteiger partial charge on any atom is -0.334 e. The number of carbonyl (C=O) groups is 2. The second-order valence-electron chi connectivity index (χ2n) is 6.40. The van der Waals surface area contributed by atoms with Crippen molar-refractivity contribution in [3.05, 3.63) is 0 Å². The van der Waals surface area contributed by atoms with Gasteiger partial charge >= 0.3 is 12.1 Å². The first-order valence-corrected chi connectivity index (χ1v) is 11.7. The molecule has 27 heavy (non-hydrogen) atoms. The van der Waals surface area contributed by atoms with Crippen molar-refractivity contribution in [2.75, 3.05) is 33.6 Å². The zero-order valence-corrected chi connectivity index (χ0v) is 15.7. The molecule has 3 rings (SSSR count). The lowest BCUT2D eigenvalue weighted by atomic mass is 10.3. The number of hydrogen-bond acceptors (Lipinski definition) is 8. The van der Waals surface area contributed by atoms with Gasteiger partial charge in [-0.3, -0.25) is 10.6 Å². The molecule has 0 aliphatic carbocycles. The van der Waals surface area contributed by atoms with Crippen LogP contribution in [0, 0.1) is 0 Å². The van der Waals surface area contributed by atoms with Crippen molar-refractivity contribution >= 4 is 43.6 Å². The van der Waals surface area contributed by atoms with E-state index < -0.39 is 43.8 Å². The average Bonchev–Trinajstić information content (AvgIpc) is 3.19. The molecule has 13 nitrogen and oxygen atoms in total. The van der Waals surface area contributed by atoms with Gasteiger partial charge in [0.1, 0.15) is 0 Å². The molecule has 0 bridgehead atoms. The van der Waals surface area contributed by atoms with E-state index in [1.807, 2.05) is 0 Å². The fourth-order valence-corrected chi connectivity index (χ4v) is 6.19. The van der Waals surface area contributed by atoms with E-state index in [0.29, 0.717) is 12.8 Å². The van der Waals surface area contributed by atoms with Gasteiger partial charge in [0.2, 0.25) is 5.95 Å². The summed E-state index contributed by atoms with van der Waals surface area (Å²) in [5.41, 5.74) is 0. The highest BCUT2D eigenvalue weighted by atomic mass is 32.2. The summed E-state index contributed by atoms with van der Waals surface area (Å²) in [4.78, 5) is 27.5. The Balaban J connectivity index is 1.45. The third kappa shape index (κ3) is 5.53. The zero-order valence-electron chi connectivity index (χ0n) is 14.1. The first-order valence-electron chi connectivity index (χ1n) is 8.08. The summed E-state index contributed by atoms with van der Waals surface area (Å²) in [7, 11) is -6.22. The molecule has 2 saturated heterocycles. The molecule has 1 aromatic rings. The molecule has 0 spiro atoms. The van der Waals surface area contributed by atoms with Crippen LogP contribution in [0.2, 0.25) is 0 Å². The maximum Gasteiger partial charge on any atom is 0.321 e. The van der Waals surface area contributed by atoms with E-state index in [1.165, 1.54) is 0 Å². The number of nitrogens with zero attached hydrogens (tertiary/aromatic N) is 2.